The average Bonchev–Trinajstić information content (AvgIpc) is 2.82. The fourth-order valence-corrected chi connectivity index (χ4v) is 2.70. The molecule has 1 N–H and O–H groups in total. The molecule has 0 saturated heterocycles. The third-order valence-electron chi connectivity index (χ3n) is 3.70. The van der Waals surface area contributed by atoms with Crippen molar-refractivity contribution in [3.05, 3.63) is 24.0 Å². The highest BCUT2D eigenvalue weighted by Gasteiger charge is 2.18. The molecular formula is C14H18N2O. The van der Waals surface area contributed by atoms with Crippen molar-refractivity contribution in [1.29, 1.82) is 0 Å². The molecule has 0 atom stereocenters. The second-order valence-electron chi connectivity index (χ2n) is 4.84. The number of ether oxygens (including phenoxy) is 1. The third kappa shape index (κ3) is 2.02. The first-order chi connectivity index (χ1) is 8.36. The fraction of sp³-hybridized carbons (Fsp3) is 0.500. The molecule has 0 bridgehead atoms. The minimum atomic E-state index is 0.627. The second-order valence-corrected chi connectivity index (χ2v) is 4.84. The van der Waals surface area contributed by atoms with Gasteiger partial charge >= 0.3 is 0 Å². The Morgan fingerprint density at radius 3 is 2.82 bits per heavy atom. The number of imidazole rings is 1. The summed E-state index contributed by atoms with van der Waals surface area (Å²) < 4.78 is 5.23. The number of aromatic nitrogens is 2. The zero-order chi connectivity index (χ0) is 11.7. The van der Waals surface area contributed by atoms with Crippen LogP contribution in [0.1, 0.15) is 43.8 Å². The van der Waals surface area contributed by atoms with E-state index in [2.05, 4.69) is 4.98 Å². The summed E-state index contributed by atoms with van der Waals surface area (Å²) in [4.78, 5) is 8.15. The van der Waals surface area contributed by atoms with E-state index in [0.29, 0.717) is 5.92 Å². The van der Waals surface area contributed by atoms with Crippen LogP contribution in [0.3, 0.4) is 0 Å². The zero-order valence-electron chi connectivity index (χ0n) is 10.2. The van der Waals surface area contributed by atoms with Crippen LogP contribution in [0.2, 0.25) is 0 Å². The number of benzene rings is 1. The van der Waals surface area contributed by atoms with E-state index in [1.54, 1.807) is 7.11 Å². The predicted molar refractivity (Wildman–Crippen MR) is 68.5 cm³/mol. The van der Waals surface area contributed by atoms with Crippen LogP contribution in [-0.2, 0) is 0 Å². The van der Waals surface area contributed by atoms with Gasteiger partial charge in [-0.25, -0.2) is 4.98 Å². The van der Waals surface area contributed by atoms with E-state index < -0.39 is 0 Å². The summed E-state index contributed by atoms with van der Waals surface area (Å²) in [5.41, 5.74) is 2.14. The van der Waals surface area contributed by atoms with Crippen LogP contribution >= 0.6 is 0 Å². The first kappa shape index (κ1) is 10.6. The van der Waals surface area contributed by atoms with Crippen molar-refractivity contribution >= 4 is 11.0 Å². The number of rotatable bonds is 2. The van der Waals surface area contributed by atoms with Crippen molar-refractivity contribution in [2.24, 2.45) is 0 Å². The predicted octanol–water partition coefficient (Wildman–Crippen LogP) is 3.62. The Morgan fingerprint density at radius 2 is 2.06 bits per heavy atom. The highest BCUT2D eigenvalue weighted by molar-refractivity contribution is 5.76. The summed E-state index contributed by atoms with van der Waals surface area (Å²) in [6, 6.07) is 6.01. The molecule has 1 aliphatic rings. The lowest BCUT2D eigenvalue weighted by Gasteiger charge is -2.18. The van der Waals surface area contributed by atoms with Gasteiger partial charge in [-0.3, -0.25) is 0 Å². The summed E-state index contributed by atoms with van der Waals surface area (Å²) in [7, 11) is 1.69. The topological polar surface area (TPSA) is 37.9 Å². The number of H-pyrrole nitrogens is 1. The lowest BCUT2D eigenvalue weighted by molar-refractivity contribution is 0.415. The van der Waals surface area contributed by atoms with E-state index in [1.807, 2.05) is 18.2 Å². The molecular weight excluding hydrogens is 212 g/mol. The number of aromatic amines is 1. The van der Waals surface area contributed by atoms with Gasteiger partial charge in [0.15, 0.2) is 0 Å². The Balaban J connectivity index is 1.95. The Morgan fingerprint density at radius 1 is 1.24 bits per heavy atom. The van der Waals surface area contributed by atoms with Crippen molar-refractivity contribution in [2.45, 2.75) is 38.0 Å². The monoisotopic (exact) mass is 230 g/mol. The molecule has 3 heteroatoms. The van der Waals surface area contributed by atoms with Gasteiger partial charge in [0.25, 0.3) is 0 Å². The molecule has 1 heterocycles. The first-order valence-corrected chi connectivity index (χ1v) is 6.40. The van der Waals surface area contributed by atoms with Crippen LogP contribution < -0.4 is 4.74 Å². The normalized spacial score (nSPS) is 17.5. The van der Waals surface area contributed by atoms with Crippen molar-refractivity contribution in [2.75, 3.05) is 7.11 Å². The number of hydrogen-bond acceptors (Lipinski definition) is 2. The van der Waals surface area contributed by atoms with Crippen LogP contribution in [0.15, 0.2) is 18.2 Å². The lowest BCUT2D eigenvalue weighted by Crippen LogP contribution is -2.05. The molecule has 1 aromatic heterocycles. The summed E-state index contributed by atoms with van der Waals surface area (Å²) in [6.07, 6.45) is 6.61. The maximum atomic E-state index is 5.23. The Hall–Kier alpha value is -1.51. The Kier molecular flexibility index (Phi) is 2.75. The van der Waals surface area contributed by atoms with E-state index >= 15 is 0 Å². The van der Waals surface area contributed by atoms with E-state index in [4.69, 9.17) is 9.72 Å². The van der Waals surface area contributed by atoms with Gasteiger partial charge in [-0.1, -0.05) is 19.3 Å². The molecule has 1 aliphatic carbocycles. The Labute approximate surface area is 101 Å². The van der Waals surface area contributed by atoms with Crippen molar-refractivity contribution in [3.8, 4) is 5.75 Å². The quantitative estimate of drug-likeness (QED) is 0.855. The van der Waals surface area contributed by atoms with Crippen LogP contribution in [0.25, 0.3) is 11.0 Å². The van der Waals surface area contributed by atoms with Gasteiger partial charge < -0.3 is 9.72 Å². The van der Waals surface area contributed by atoms with Gasteiger partial charge in [-0.05, 0) is 25.0 Å². The highest BCUT2D eigenvalue weighted by Crippen LogP contribution is 2.32. The van der Waals surface area contributed by atoms with E-state index in [-0.39, 0.29) is 0 Å². The van der Waals surface area contributed by atoms with Crippen molar-refractivity contribution in [3.63, 3.8) is 0 Å². The summed E-state index contributed by atoms with van der Waals surface area (Å²) in [6.45, 7) is 0. The van der Waals surface area contributed by atoms with Gasteiger partial charge in [-0.2, -0.15) is 0 Å². The molecule has 0 amide bonds. The van der Waals surface area contributed by atoms with Gasteiger partial charge in [0.2, 0.25) is 0 Å². The molecule has 0 spiro atoms. The molecule has 90 valence electrons. The summed E-state index contributed by atoms with van der Waals surface area (Å²) >= 11 is 0. The van der Waals surface area contributed by atoms with E-state index in [9.17, 15) is 0 Å². The van der Waals surface area contributed by atoms with Gasteiger partial charge in [-0.15, -0.1) is 0 Å². The van der Waals surface area contributed by atoms with E-state index in [0.717, 1.165) is 22.6 Å². The van der Waals surface area contributed by atoms with Crippen molar-refractivity contribution < 1.29 is 4.74 Å². The van der Waals surface area contributed by atoms with Crippen LogP contribution in [-0.4, -0.2) is 17.1 Å². The number of fused-ring (bicyclic) bond motifs is 1. The Bertz CT molecular complexity index is 512. The first-order valence-electron chi connectivity index (χ1n) is 6.40. The maximum Gasteiger partial charge on any atom is 0.121 e. The minimum Gasteiger partial charge on any atom is -0.497 e. The SMILES string of the molecule is COc1ccc2nc(C3CCCCC3)[nH]c2c1. The molecule has 1 saturated carbocycles. The van der Waals surface area contributed by atoms with Crippen LogP contribution in [0.4, 0.5) is 0 Å². The summed E-state index contributed by atoms with van der Waals surface area (Å²) in [5.74, 6) is 2.67. The molecule has 1 aromatic carbocycles. The maximum absolute atomic E-state index is 5.23. The lowest BCUT2D eigenvalue weighted by atomic mass is 9.89. The third-order valence-corrected chi connectivity index (χ3v) is 3.70. The minimum absolute atomic E-state index is 0.627. The van der Waals surface area contributed by atoms with Gasteiger partial charge in [0.05, 0.1) is 18.1 Å². The average molecular weight is 230 g/mol. The number of nitrogens with one attached hydrogen (secondary N) is 1. The standard InChI is InChI=1S/C14H18N2O/c1-17-11-7-8-12-13(9-11)16-14(15-12)10-5-3-2-4-6-10/h7-10H,2-6H2,1H3,(H,15,16). The largest absolute Gasteiger partial charge is 0.497 e. The van der Waals surface area contributed by atoms with Gasteiger partial charge in [0, 0.05) is 12.0 Å². The van der Waals surface area contributed by atoms with Crippen LogP contribution in [0.5, 0.6) is 5.75 Å². The van der Waals surface area contributed by atoms with Gasteiger partial charge in [0.1, 0.15) is 11.6 Å². The smallest absolute Gasteiger partial charge is 0.121 e. The molecule has 2 aromatic rings. The number of nitrogens with zero attached hydrogens (tertiary/aromatic N) is 1. The molecule has 0 radical (unpaired) electrons. The molecule has 0 aliphatic heterocycles. The second kappa shape index (κ2) is 4.40. The van der Waals surface area contributed by atoms with Crippen molar-refractivity contribution in [1.82, 2.24) is 9.97 Å². The summed E-state index contributed by atoms with van der Waals surface area (Å²) in [5, 5.41) is 0. The highest BCUT2D eigenvalue weighted by atomic mass is 16.5. The fourth-order valence-electron chi connectivity index (χ4n) is 2.70. The molecule has 0 unspecified atom stereocenters. The number of hydrogen-bond donors (Lipinski definition) is 1. The van der Waals surface area contributed by atoms with Crippen LogP contribution in [0, 0.1) is 0 Å². The zero-order valence-corrected chi connectivity index (χ0v) is 10.2. The molecule has 17 heavy (non-hydrogen) atoms. The molecule has 3 nitrogen and oxygen atoms in total. The molecule has 3 rings (SSSR count). The number of methoxy groups -OCH3 is 1. The van der Waals surface area contributed by atoms with E-state index in [1.165, 1.54) is 32.1 Å². The molecule has 1 fully saturated rings.